The summed E-state index contributed by atoms with van der Waals surface area (Å²) >= 11 is 12.0. The average molecular weight is 421 g/mol. The van der Waals surface area contributed by atoms with E-state index in [4.69, 9.17) is 32.7 Å². The molecule has 3 aromatic rings. The van der Waals surface area contributed by atoms with Crippen molar-refractivity contribution in [3.8, 4) is 5.75 Å². The quantitative estimate of drug-likeness (QED) is 0.298. The molecule has 146 valence electrons. The molecule has 0 unspecified atom stereocenters. The summed E-state index contributed by atoms with van der Waals surface area (Å²) in [6, 6.07) is 8.49. The molecule has 0 saturated carbocycles. The molecule has 0 spiro atoms. The van der Waals surface area contributed by atoms with E-state index in [0.29, 0.717) is 45.7 Å². The third-order valence-electron chi connectivity index (χ3n) is 3.96. The third kappa shape index (κ3) is 5.24. The Balaban J connectivity index is 1.41. The maximum absolute atomic E-state index is 11.9. The fourth-order valence-electron chi connectivity index (χ4n) is 2.56. The lowest BCUT2D eigenvalue weighted by molar-refractivity contribution is -0.145. The first-order valence-electron chi connectivity index (χ1n) is 8.64. The summed E-state index contributed by atoms with van der Waals surface area (Å²) in [7, 11) is 0. The maximum atomic E-state index is 11.9. The number of pyridine rings is 1. The van der Waals surface area contributed by atoms with Gasteiger partial charge < -0.3 is 13.9 Å². The van der Waals surface area contributed by atoms with Crippen LogP contribution in [0.5, 0.6) is 5.75 Å². The second-order valence-corrected chi connectivity index (χ2v) is 7.01. The summed E-state index contributed by atoms with van der Waals surface area (Å²) in [5.41, 5.74) is 1.77. The predicted molar refractivity (Wildman–Crippen MR) is 106 cm³/mol. The normalized spacial score (nSPS) is 10.8. The number of benzene rings is 1. The zero-order valence-electron chi connectivity index (χ0n) is 15.2. The van der Waals surface area contributed by atoms with Crippen molar-refractivity contribution in [1.29, 1.82) is 0 Å². The first kappa shape index (κ1) is 20.2. The lowest BCUT2D eigenvalue weighted by atomic mass is 10.1. The minimum absolute atomic E-state index is 0.00488. The Kier molecular flexibility index (Phi) is 6.54. The van der Waals surface area contributed by atoms with E-state index >= 15 is 0 Å². The number of Topliss-reactive ketones (excluding diaryl/α,β-unsaturated/α-hetero) is 1. The van der Waals surface area contributed by atoms with Crippen LogP contribution in [0, 0.1) is 0 Å². The van der Waals surface area contributed by atoms with Gasteiger partial charge in [-0.1, -0.05) is 23.2 Å². The monoisotopic (exact) mass is 420 g/mol. The van der Waals surface area contributed by atoms with Crippen molar-refractivity contribution in [3.05, 3.63) is 64.0 Å². The number of carbonyl (C=O) groups is 2. The van der Waals surface area contributed by atoms with Crippen LogP contribution in [0.15, 0.2) is 42.7 Å². The lowest BCUT2D eigenvalue weighted by Gasteiger charge is -2.06. The highest BCUT2D eigenvalue weighted by atomic mass is 35.5. The summed E-state index contributed by atoms with van der Waals surface area (Å²) in [5.74, 6) is 0.320. The van der Waals surface area contributed by atoms with Gasteiger partial charge >= 0.3 is 5.97 Å². The number of hydrogen-bond donors (Lipinski definition) is 0. The Morgan fingerprint density at radius 3 is 2.61 bits per heavy atom. The molecule has 0 radical (unpaired) electrons. The molecule has 8 heteroatoms. The first-order chi connectivity index (χ1) is 13.4. The smallest absolute Gasteiger partial charge is 0.306 e. The number of ether oxygens (including phenoxy) is 2. The van der Waals surface area contributed by atoms with Crippen LogP contribution < -0.4 is 4.74 Å². The Labute approximate surface area is 172 Å². The number of carbonyl (C=O) groups excluding carboxylic acids is 2. The fourth-order valence-corrected chi connectivity index (χ4v) is 3.09. The Morgan fingerprint density at radius 1 is 1.14 bits per heavy atom. The fraction of sp³-hybridized carbons (Fsp3) is 0.250. The van der Waals surface area contributed by atoms with Gasteiger partial charge in [-0.05, 0) is 43.7 Å². The minimum atomic E-state index is -0.336. The molecule has 0 N–H and O–H groups in total. The second-order valence-electron chi connectivity index (χ2n) is 6.16. The van der Waals surface area contributed by atoms with Gasteiger partial charge in [-0.25, -0.2) is 4.98 Å². The summed E-state index contributed by atoms with van der Waals surface area (Å²) in [6.07, 6.45) is 4.14. The van der Waals surface area contributed by atoms with Gasteiger partial charge in [0.25, 0.3) is 0 Å². The summed E-state index contributed by atoms with van der Waals surface area (Å²) < 4.78 is 12.5. The molecule has 28 heavy (non-hydrogen) atoms. The molecule has 2 heterocycles. The van der Waals surface area contributed by atoms with Gasteiger partial charge in [-0.2, -0.15) is 0 Å². The molecule has 6 nitrogen and oxygen atoms in total. The highest BCUT2D eigenvalue weighted by Gasteiger charge is 2.09. The number of hydrogen-bond acceptors (Lipinski definition) is 5. The number of nitrogens with zero attached hydrogens (tertiary/aromatic N) is 2. The van der Waals surface area contributed by atoms with E-state index in [0.717, 1.165) is 0 Å². The Morgan fingerprint density at radius 2 is 1.89 bits per heavy atom. The van der Waals surface area contributed by atoms with Crippen molar-refractivity contribution in [1.82, 2.24) is 9.38 Å². The Bertz CT molecular complexity index is 999. The molecule has 0 atom stereocenters. The van der Waals surface area contributed by atoms with E-state index in [-0.39, 0.29) is 24.8 Å². The van der Waals surface area contributed by atoms with Gasteiger partial charge in [0.2, 0.25) is 0 Å². The summed E-state index contributed by atoms with van der Waals surface area (Å²) in [5, 5.41) is 0.924. The van der Waals surface area contributed by atoms with Crippen molar-refractivity contribution >= 4 is 40.6 Å². The standard InChI is InChI=1S/C20H18Cl2N2O4/c1-13(25)14-4-6-17(7-5-14)27-8-2-3-19(26)28-12-16-11-24-10-15(21)9-18(22)20(24)23-16/h4-7,9-11H,2-3,8,12H2,1H3. The highest BCUT2D eigenvalue weighted by molar-refractivity contribution is 6.36. The van der Waals surface area contributed by atoms with Gasteiger partial charge in [-0.3, -0.25) is 9.59 Å². The molecular formula is C20H18Cl2N2O4. The molecule has 0 aliphatic carbocycles. The van der Waals surface area contributed by atoms with Crippen molar-refractivity contribution in [3.63, 3.8) is 0 Å². The number of halogens is 2. The highest BCUT2D eigenvalue weighted by Crippen LogP contribution is 2.22. The van der Waals surface area contributed by atoms with Crippen LogP contribution in [0.2, 0.25) is 10.0 Å². The van der Waals surface area contributed by atoms with E-state index in [1.165, 1.54) is 6.92 Å². The number of aromatic nitrogens is 2. The van der Waals surface area contributed by atoms with E-state index in [9.17, 15) is 9.59 Å². The maximum Gasteiger partial charge on any atom is 0.306 e. The molecule has 0 amide bonds. The summed E-state index contributed by atoms with van der Waals surface area (Å²) in [6.45, 7) is 1.94. The number of imidazole rings is 1. The van der Waals surface area contributed by atoms with Crippen molar-refractivity contribution in [2.24, 2.45) is 0 Å². The van der Waals surface area contributed by atoms with E-state index in [1.54, 1.807) is 47.1 Å². The van der Waals surface area contributed by atoms with E-state index < -0.39 is 0 Å². The van der Waals surface area contributed by atoms with Crippen LogP contribution in [-0.2, 0) is 16.1 Å². The topological polar surface area (TPSA) is 69.9 Å². The van der Waals surface area contributed by atoms with Crippen LogP contribution in [0.25, 0.3) is 5.65 Å². The molecule has 0 aliphatic heterocycles. The van der Waals surface area contributed by atoms with E-state index in [2.05, 4.69) is 4.98 Å². The number of ketones is 1. The minimum Gasteiger partial charge on any atom is -0.494 e. The van der Waals surface area contributed by atoms with Gasteiger partial charge in [0, 0.05) is 24.4 Å². The zero-order chi connectivity index (χ0) is 20.1. The molecule has 0 saturated heterocycles. The molecule has 0 aliphatic rings. The van der Waals surface area contributed by atoms with Gasteiger partial charge in [0.05, 0.1) is 22.3 Å². The first-order valence-corrected chi connectivity index (χ1v) is 9.40. The Hall–Kier alpha value is -2.57. The lowest BCUT2D eigenvalue weighted by Crippen LogP contribution is -2.07. The SMILES string of the molecule is CC(=O)c1ccc(OCCCC(=O)OCc2cn3cc(Cl)cc(Cl)c3n2)cc1. The number of fused-ring (bicyclic) bond motifs is 1. The van der Waals surface area contributed by atoms with Gasteiger partial charge in [-0.15, -0.1) is 0 Å². The second kappa shape index (κ2) is 9.08. The van der Waals surface area contributed by atoms with E-state index in [1.807, 2.05) is 0 Å². The van der Waals surface area contributed by atoms with Crippen molar-refractivity contribution in [2.75, 3.05) is 6.61 Å². The molecule has 0 bridgehead atoms. The van der Waals surface area contributed by atoms with Crippen LogP contribution in [0.4, 0.5) is 0 Å². The van der Waals surface area contributed by atoms with Crippen molar-refractivity contribution in [2.45, 2.75) is 26.4 Å². The van der Waals surface area contributed by atoms with Crippen LogP contribution in [0.3, 0.4) is 0 Å². The largest absolute Gasteiger partial charge is 0.494 e. The average Bonchev–Trinajstić information content (AvgIpc) is 3.07. The van der Waals surface area contributed by atoms with Crippen LogP contribution >= 0.6 is 23.2 Å². The molecule has 1 aromatic carbocycles. The van der Waals surface area contributed by atoms with Crippen LogP contribution in [-0.4, -0.2) is 27.7 Å². The van der Waals surface area contributed by atoms with Crippen molar-refractivity contribution < 1.29 is 19.1 Å². The number of rotatable bonds is 8. The van der Waals surface area contributed by atoms with Gasteiger partial charge in [0.15, 0.2) is 11.4 Å². The van der Waals surface area contributed by atoms with Gasteiger partial charge in [0.1, 0.15) is 12.4 Å². The molecule has 2 aromatic heterocycles. The van der Waals surface area contributed by atoms with Crippen LogP contribution in [0.1, 0.15) is 35.8 Å². The molecule has 0 fully saturated rings. The predicted octanol–water partition coefficient (Wildman–Crippen LogP) is 4.75. The third-order valence-corrected chi connectivity index (χ3v) is 4.44. The summed E-state index contributed by atoms with van der Waals surface area (Å²) in [4.78, 5) is 27.4. The molecule has 3 rings (SSSR count). The molecular weight excluding hydrogens is 403 g/mol. The number of esters is 1. The zero-order valence-corrected chi connectivity index (χ0v) is 16.7.